The quantitative estimate of drug-likeness (QED) is 0.171. The van der Waals surface area contributed by atoms with Gasteiger partial charge in [0.2, 0.25) is 10.9 Å². The van der Waals surface area contributed by atoms with Gasteiger partial charge < -0.3 is 8.83 Å². The van der Waals surface area contributed by atoms with E-state index in [9.17, 15) is 18.4 Å². The van der Waals surface area contributed by atoms with Gasteiger partial charge in [0, 0.05) is 0 Å². The van der Waals surface area contributed by atoms with Crippen molar-refractivity contribution in [2.45, 2.75) is 30.9 Å². The van der Waals surface area contributed by atoms with Gasteiger partial charge in [-0.1, -0.05) is 87.8 Å². The van der Waals surface area contributed by atoms with Crippen LogP contribution in [0.3, 0.4) is 0 Å². The van der Waals surface area contributed by atoms with E-state index in [4.69, 9.17) is 8.83 Å². The number of halogens is 4. The summed E-state index contributed by atoms with van der Waals surface area (Å²) in [6.07, 6.45) is 0. The molecule has 0 aliphatic rings. The predicted molar refractivity (Wildman–Crippen MR) is 177 cm³/mol. The Morgan fingerprint density at radius 3 is 1.30 bits per heavy atom. The number of fused-ring (bicyclic) bond motifs is 2. The molecule has 2 atom stereocenters. The number of hydrogen-bond donors (Lipinski definition) is 0. The van der Waals surface area contributed by atoms with Gasteiger partial charge in [0.1, 0.15) is 34.3 Å². The highest BCUT2D eigenvalue weighted by molar-refractivity contribution is 9.09. The van der Waals surface area contributed by atoms with Crippen LogP contribution in [0.25, 0.3) is 44.2 Å². The van der Waals surface area contributed by atoms with Crippen LogP contribution in [-0.2, 0) is 0 Å². The first-order valence-electron chi connectivity index (χ1n) is 13.1. The van der Waals surface area contributed by atoms with Crippen molar-refractivity contribution in [1.29, 1.82) is 0 Å². The fraction of sp³-hybridized carbons (Fsp3) is 0.143. The van der Waals surface area contributed by atoms with Gasteiger partial charge in [0.15, 0.2) is 0 Å². The molecule has 0 saturated heterocycles. The van der Waals surface area contributed by atoms with Gasteiger partial charge in [0.25, 0.3) is 0 Å². The lowest BCUT2D eigenvalue weighted by molar-refractivity contribution is 0.544. The number of para-hydroxylation sites is 2. The van der Waals surface area contributed by atoms with Crippen molar-refractivity contribution < 1.29 is 17.6 Å². The van der Waals surface area contributed by atoms with Crippen molar-refractivity contribution in [1.82, 2.24) is 0 Å². The average Bonchev–Trinajstić information content (AvgIpc) is 2.97. The molecular formula is C35H28Br2F2O4. The van der Waals surface area contributed by atoms with Crippen molar-refractivity contribution in [3.63, 3.8) is 0 Å². The van der Waals surface area contributed by atoms with Crippen LogP contribution in [0.15, 0.2) is 115 Å². The van der Waals surface area contributed by atoms with E-state index in [1.807, 2.05) is 26.0 Å². The summed E-state index contributed by atoms with van der Waals surface area (Å²) in [5.41, 5.74) is 2.61. The van der Waals surface area contributed by atoms with Crippen LogP contribution in [0, 0.1) is 11.6 Å². The SMILES string of the molecule is C.C[C@@H](Br)c1oc2ccccc2c(=O)c1-c1cccc(F)c1.C[C@H](Br)c1oc2ccccc2c(=O)c1-c1cccc(F)c1. The summed E-state index contributed by atoms with van der Waals surface area (Å²) in [6.45, 7) is 3.74. The smallest absolute Gasteiger partial charge is 0.200 e. The third kappa shape index (κ3) is 6.71. The maximum absolute atomic E-state index is 13.5. The van der Waals surface area contributed by atoms with E-state index in [2.05, 4.69) is 31.9 Å². The second-order valence-corrected chi connectivity index (χ2v) is 12.3. The van der Waals surface area contributed by atoms with E-state index in [1.165, 1.54) is 24.3 Å². The van der Waals surface area contributed by atoms with Crippen molar-refractivity contribution in [2.24, 2.45) is 0 Å². The third-order valence-corrected chi connectivity index (χ3v) is 7.43. The maximum Gasteiger partial charge on any atom is 0.200 e. The van der Waals surface area contributed by atoms with Crippen molar-refractivity contribution in [3.8, 4) is 22.3 Å². The van der Waals surface area contributed by atoms with Crippen LogP contribution in [-0.4, -0.2) is 0 Å². The Balaban J connectivity index is 0.000000192. The Kier molecular flexibility index (Phi) is 10.1. The number of hydrogen-bond acceptors (Lipinski definition) is 4. The topological polar surface area (TPSA) is 60.4 Å². The average molecular weight is 710 g/mol. The summed E-state index contributed by atoms with van der Waals surface area (Å²) >= 11 is 6.89. The molecule has 0 aliphatic carbocycles. The molecule has 0 bridgehead atoms. The minimum atomic E-state index is -0.381. The first kappa shape index (κ1) is 32.0. The zero-order valence-corrected chi connectivity index (χ0v) is 25.7. The van der Waals surface area contributed by atoms with Crippen molar-refractivity contribution >= 4 is 53.8 Å². The lowest BCUT2D eigenvalue weighted by Crippen LogP contribution is -2.09. The van der Waals surface area contributed by atoms with E-state index in [0.717, 1.165) is 0 Å². The highest BCUT2D eigenvalue weighted by Crippen LogP contribution is 2.34. The van der Waals surface area contributed by atoms with E-state index >= 15 is 0 Å². The van der Waals surface area contributed by atoms with Gasteiger partial charge in [-0.3, -0.25) is 9.59 Å². The Hall–Kier alpha value is -3.88. The number of rotatable bonds is 4. The van der Waals surface area contributed by atoms with Crippen LogP contribution in [0.1, 0.15) is 42.4 Å². The number of alkyl halides is 2. The van der Waals surface area contributed by atoms with Gasteiger partial charge in [-0.05, 0) is 73.5 Å². The molecule has 220 valence electrons. The lowest BCUT2D eigenvalue weighted by Gasteiger charge is -2.12. The highest BCUT2D eigenvalue weighted by atomic mass is 79.9. The highest BCUT2D eigenvalue weighted by Gasteiger charge is 2.20. The molecule has 0 amide bonds. The van der Waals surface area contributed by atoms with Crippen molar-refractivity contribution in [2.75, 3.05) is 0 Å². The summed E-state index contributed by atoms with van der Waals surface area (Å²) in [7, 11) is 0. The normalized spacial score (nSPS) is 12.2. The molecule has 6 aromatic rings. The molecule has 2 aromatic heterocycles. The molecular weight excluding hydrogens is 682 g/mol. The molecule has 0 unspecified atom stereocenters. The van der Waals surface area contributed by atoms with Crippen LogP contribution in [0.4, 0.5) is 8.78 Å². The monoisotopic (exact) mass is 708 g/mol. The molecule has 4 nitrogen and oxygen atoms in total. The summed E-state index contributed by atoms with van der Waals surface area (Å²) < 4.78 is 38.7. The molecule has 0 saturated carbocycles. The molecule has 0 fully saturated rings. The first-order chi connectivity index (χ1) is 20.2. The Labute approximate surface area is 264 Å². The van der Waals surface area contributed by atoms with Gasteiger partial charge in [-0.2, -0.15) is 0 Å². The summed E-state index contributed by atoms with van der Waals surface area (Å²) in [5.74, 6) is 0.245. The minimum absolute atomic E-state index is 0. The fourth-order valence-electron chi connectivity index (χ4n) is 4.71. The van der Waals surface area contributed by atoms with E-state index in [-0.39, 0.29) is 39.6 Å². The molecule has 4 aromatic carbocycles. The Morgan fingerprint density at radius 1 is 0.581 bits per heavy atom. The van der Waals surface area contributed by atoms with Crippen LogP contribution in [0.5, 0.6) is 0 Å². The zero-order valence-electron chi connectivity index (χ0n) is 22.5. The molecule has 8 heteroatoms. The Bertz CT molecular complexity index is 1880. The summed E-state index contributed by atoms with van der Waals surface area (Å²) in [5, 5.41) is 0.988. The number of benzene rings is 4. The fourth-order valence-corrected chi connectivity index (χ4v) is 5.36. The third-order valence-electron chi connectivity index (χ3n) is 6.60. The molecule has 43 heavy (non-hydrogen) atoms. The lowest BCUT2D eigenvalue weighted by atomic mass is 10.0. The zero-order chi connectivity index (χ0) is 30.0. The minimum Gasteiger partial charge on any atom is -0.459 e. The molecule has 0 aliphatic heterocycles. The first-order valence-corrected chi connectivity index (χ1v) is 14.9. The summed E-state index contributed by atoms with van der Waals surface area (Å²) in [4.78, 5) is 25.2. The van der Waals surface area contributed by atoms with E-state index < -0.39 is 0 Å². The largest absolute Gasteiger partial charge is 0.459 e. The summed E-state index contributed by atoms with van der Waals surface area (Å²) in [6, 6.07) is 26.1. The Morgan fingerprint density at radius 2 is 0.953 bits per heavy atom. The van der Waals surface area contributed by atoms with Crippen LogP contribution >= 0.6 is 31.9 Å². The molecule has 0 spiro atoms. The molecule has 2 heterocycles. The van der Waals surface area contributed by atoms with E-state index in [1.54, 1.807) is 60.7 Å². The standard InChI is InChI=1S/2C17H12BrFO2.CH4/c2*1-10(18)17-15(11-5-4-6-12(19)9-11)16(20)13-7-2-3-8-14(13)21-17;/h2*2-10H,1H3;1H4/t2*10-;/m10./s1. The second kappa shape index (κ2) is 13.6. The van der Waals surface area contributed by atoms with Gasteiger partial charge in [-0.15, -0.1) is 0 Å². The van der Waals surface area contributed by atoms with Crippen LogP contribution < -0.4 is 10.9 Å². The molecule has 0 radical (unpaired) electrons. The molecule has 0 N–H and O–H groups in total. The van der Waals surface area contributed by atoms with Crippen LogP contribution in [0.2, 0.25) is 0 Å². The molecule has 6 rings (SSSR count). The van der Waals surface area contributed by atoms with Crippen molar-refractivity contribution in [3.05, 3.63) is 141 Å². The van der Waals surface area contributed by atoms with Gasteiger partial charge in [0.05, 0.1) is 31.6 Å². The van der Waals surface area contributed by atoms with Gasteiger partial charge in [-0.25, -0.2) is 8.78 Å². The van der Waals surface area contributed by atoms with E-state index in [0.29, 0.717) is 55.7 Å². The maximum atomic E-state index is 13.5. The van der Waals surface area contributed by atoms with Gasteiger partial charge >= 0.3 is 0 Å². The second-order valence-electron chi connectivity index (χ2n) is 9.59. The predicted octanol–water partition coefficient (Wildman–Crippen LogP) is 10.7.